The molecule has 3 aliphatic rings. The number of nitriles is 1. The molecule has 3 fully saturated rings. The summed E-state index contributed by atoms with van der Waals surface area (Å²) in [6.07, 6.45) is 7.37. The second-order valence-corrected chi connectivity index (χ2v) is 11.5. The number of carbonyl (C=O) groups excluding carboxylic acids is 1. The molecule has 5 rings (SSSR count). The van der Waals surface area contributed by atoms with Crippen molar-refractivity contribution in [2.24, 2.45) is 5.41 Å². The van der Waals surface area contributed by atoms with Crippen LogP contribution in [0.15, 0.2) is 23.4 Å². The number of piperazine rings is 1. The third kappa shape index (κ3) is 4.42. The normalized spacial score (nSPS) is 20.1. The predicted octanol–water partition coefficient (Wildman–Crippen LogP) is 3.49. The van der Waals surface area contributed by atoms with E-state index in [1.807, 2.05) is 15.5 Å². The first-order valence-corrected chi connectivity index (χ1v) is 13.1. The van der Waals surface area contributed by atoms with Gasteiger partial charge in [-0.3, -0.25) is 24.7 Å². The Hall–Kier alpha value is -2.55. The Kier molecular flexibility index (Phi) is 5.86. The van der Waals surface area contributed by atoms with E-state index < -0.39 is 5.41 Å². The number of carbonyl (C=O) groups is 1. The fraction of sp³-hybridized carbons (Fsp3) is 0.522. The zero-order valence-electron chi connectivity index (χ0n) is 19.3. The van der Waals surface area contributed by atoms with E-state index in [-0.39, 0.29) is 21.5 Å². The van der Waals surface area contributed by atoms with Crippen LogP contribution in [0.1, 0.15) is 45.2 Å². The average Bonchev–Trinajstić information content (AvgIpc) is 3.74. The maximum atomic E-state index is 11.8. The molecule has 0 bridgehead atoms. The van der Waals surface area contributed by atoms with Crippen LogP contribution in [0.4, 0.5) is 5.69 Å². The number of nitrogens with zero attached hydrogens (tertiary/aromatic N) is 5. The lowest BCUT2D eigenvalue weighted by Gasteiger charge is -2.35. The molecule has 2 aromatic heterocycles. The Morgan fingerprint density at radius 1 is 1.21 bits per heavy atom. The minimum atomic E-state index is -0.705. The summed E-state index contributed by atoms with van der Waals surface area (Å²) >= 11 is 2.64. The van der Waals surface area contributed by atoms with Crippen molar-refractivity contribution in [3.05, 3.63) is 24.2 Å². The number of pyridine rings is 1. The number of hydrogen-bond donors (Lipinski definition) is 3. The number of imidazole rings is 1. The highest BCUT2D eigenvalue weighted by Crippen LogP contribution is 2.49. The molecule has 3 heterocycles. The molecule has 2 saturated carbocycles. The number of aromatic nitrogens is 2. The molecule has 2 aromatic rings. The molecule has 11 heteroatoms. The van der Waals surface area contributed by atoms with Gasteiger partial charge in [-0.2, -0.15) is 5.26 Å². The number of amides is 1. The van der Waals surface area contributed by atoms with Gasteiger partial charge in [-0.1, -0.05) is 11.8 Å². The Bertz CT molecular complexity index is 1220. The van der Waals surface area contributed by atoms with Crippen molar-refractivity contribution < 1.29 is 4.79 Å². The largest absolute Gasteiger partial charge is 0.365 e. The topological polar surface area (TPSA) is 124 Å². The standard InChI is InChI=1S/C23H28N8OS2/c1-15(32)29-7-9-30(10-8-29)17-11-16(34-28-22(2)3-4-22)13-31-18(12-27-20(17)31)19(25)33-21(26)23(14-24)5-6-23/h11-13,25-26,28H,3-10H2,1-2H3. The van der Waals surface area contributed by atoms with E-state index in [0.29, 0.717) is 31.6 Å². The quantitative estimate of drug-likeness (QED) is 0.318. The summed E-state index contributed by atoms with van der Waals surface area (Å²) in [6, 6.07) is 4.37. The molecule has 1 saturated heterocycles. The predicted molar refractivity (Wildman–Crippen MR) is 136 cm³/mol. The van der Waals surface area contributed by atoms with Crippen LogP contribution in [0.2, 0.25) is 0 Å². The summed E-state index contributed by atoms with van der Waals surface area (Å²) in [5, 5.41) is 26.9. The van der Waals surface area contributed by atoms with Gasteiger partial charge in [0, 0.05) is 49.7 Å². The van der Waals surface area contributed by atoms with Crippen LogP contribution in [0.5, 0.6) is 0 Å². The van der Waals surface area contributed by atoms with Crippen molar-refractivity contribution in [2.45, 2.75) is 50.0 Å². The van der Waals surface area contributed by atoms with Gasteiger partial charge in [0.1, 0.15) is 10.5 Å². The molecule has 0 radical (unpaired) electrons. The van der Waals surface area contributed by atoms with E-state index in [4.69, 9.17) is 10.8 Å². The van der Waals surface area contributed by atoms with Crippen LogP contribution in [0.25, 0.3) is 5.65 Å². The van der Waals surface area contributed by atoms with Crippen molar-refractivity contribution in [1.29, 1.82) is 16.1 Å². The van der Waals surface area contributed by atoms with Crippen LogP contribution < -0.4 is 9.62 Å². The zero-order valence-corrected chi connectivity index (χ0v) is 21.0. The molecule has 178 valence electrons. The maximum absolute atomic E-state index is 11.8. The lowest BCUT2D eigenvalue weighted by atomic mass is 10.2. The van der Waals surface area contributed by atoms with Crippen LogP contribution >= 0.6 is 23.7 Å². The van der Waals surface area contributed by atoms with Gasteiger partial charge in [0.25, 0.3) is 0 Å². The molecule has 0 atom stereocenters. The number of hydrogen-bond acceptors (Lipinski definition) is 9. The van der Waals surface area contributed by atoms with E-state index in [1.54, 1.807) is 25.1 Å². The van der Waals surface area contributed by atoms with E-state index in [1.165, 1.54) is 0 Å². The van der Waals surface area contributed by atoms with Gasteiger partial charge in [-0.05, 0) is 50.6 Å². The van der Waals surface area contributed by atoms with Gasteiger partial charge >= 0.3 is 0 Å². The second-order valence-electron chi connectivity index (χ2n) is 9.61. The maximum Gasteiger partial charge on any atom is 0.219 e. The van der Waals surface area contributed by atoms with Gasteiger partial charge in [0.05, 0.1) is 28.7 Å². The summed E-state index contributed by atoms with van der Waals surface area (Å²) in [5.74, 6) is 0.0952. The van der Waals surface area contributed by atoms with E-state index in [2.05, 4.69) is 33.7 Å². The number of anilines is 1. The lowest BCUT2D eigenvalue weighted by molar-refractivity contribution is -0.129. The fourth-order valence-corrected chi connectivity index (χ4v) is 5.80. The first kappa shape index (κ1) is 23.2. The van der Waals surface area contributed by atoms with Gasteiger partial charge < -0.3 is 9.80 Å². The Morgan fingerprint density at radius 3 is 2.50 bits per heavy atom. The molecule has 0 unspecified atom stereocenters. The molecule has 1 aliphatic heterocycles. The van der Waals surface area contributed by atoms with Crippen molar-refractivity contribution in [3.8, 4) is 6.07 Å². The minimum absolute atomic E-state index is 0.0952. The molecule has 0 spiro atoms. The molecular weight excluding hydrogens is 468 g/mol. The molecule has 1 amide bonds. The number of rotatable bonds is 6. The molecular formula is C23H28N8OS2. The SMILES string of the molecule is CC(=O)N1CCN(c2cc(SNC3(C)CC3)cn3c(C(=N)SC(=N)C4(C#N)CC4)cnc23)CC1. The van der Waals surface area contributed by atoms with Crippen LogP contribution in [0.3, 0.4) is 0 Å². The van der Waals surface area contributed by atoms with Crippen molar-refractivity contribution in [1.82, 2.24) is 19.0 Å². The smallest absolute Gasteiger partial charge is 0.219 e. The average molecular weight is 497 g/mol. The highest BCUT2D eigenvalue weighted by molar-refractivity contribution is 8.26. The van der Waals surface area contributed by atoms with Gasteiger partial charge in [0.2, 0.25) is 5.91 Å². The minimum Gasteiger partial charge on any atom is -0.365 e. The molecule has 34 heavy (non-hydrogen) atoms. The van der Waals surface area contributed by atoms with Gasteiger partial charge in [-0.25, -0.2) is 4.98 Å². The number of thioether (sulfide) groups is 1. The summed E-state index contributed by atoms with van der Waals surface area (Å²) < 4.78 is 5.49. The number of nitrogens with one attached hydrogen (secondary N) is 3. The first-order chi connectivity index (χ1) is 16.2. The summed E-state index contributed by atoms with van der Waals surface area (Å²) in [5.41, 5.74) is 1.81. The first-order valence-electron chi connectivity index (χ1n) is 11.5. The zero-order chi connectivity index (χ0) is 24.1. The van der Waals surface area contributed by atoms with Crippen LogP contribution in [-0.4, -0.2) is 62.0 Å². The monoisotopic (exact) mass is 496 g/mol. The summed E-state index contributed by atoms with van der Waals surface area (Å²) in [6.45, 7) is 6.60. The van der Waals surface area contributed by atoms with Gasteiger partial charge in [-0.15, -0.1) is 0 Å². The third-order valence-electron chi connectivity index (χ3n) is 6.88. The highest BCUT2D eigenvalue weighted by Gasteiger charge is 2.48. The summed E-state index contributed by atoms with van der Waals surface area (Å²) in [7, 11) is 0. The second kappa shape index (κ2) is 8.59. The fourth-order valence-electron chi connectivity index (χ4n) is 4.00. The van der Waals surface area contributed by atoms with Crippen molar-refractivity contribution in [2.75, 3.05) is 31.1 Å². The summed E-state index contributed by atoms with van der Waals surface area (Å²) in [4.78, 5) is 21.6. The van der Waals surface area contributed by atoms with E-state index in [9.17, 15) is 10.1 Å². The molecule has 0 aromatic carbocycles. The number of fused-ring (bicyclic) bond motifs is 1. The molecule has 3 N–H and O–H groups in total. The molecule has 2 aliphatic carbocycles. The lowest BCUT2D eigenvalue weighted by Crippen LogP contribution is -2.48. The van der Waals surface area contributed by atoms with Gasteiger partial charge in [0.15, 0.2) is 5.65 Å². The highest BCUT2D eigenvalue weighted by atomic mass is 32.2. The molecule has 9 nitrogen and oxygen atoms in total. The van der Waals surface area contributed by atoms with Crippen LogP contribution in [0, 0.1) is 27.6 Å². The van der Waals surface area contributed by atoms with Crippen molar-refractivity contribution in [3.63, 3.8) is 0 Å². The Morgan fingerprint density at radius 2 is 1.91 bits per heavy atom. The Labute approximate surface area is 207 Å². The third-order valence-corrected chi connectivity index (χ3v) is 8.94. The van der Waals surface area contributed by atoms with Crippen LogP contribution in [-0.2, 0) is 4.79 Å². The van der Waals surface area contributed by atoms with E-state index >= 15 is 0 Å². The Balaban J connectivity index is 1.45. The van der Waals surface area contributed by atoms with E-state index in [0.717, 1.165) is 53.9 Å². The van der Waals surface area contributed by atoms with Crippen molar-refractivity contribution >= 4 is 51.0 Å².